The van der Waals surface area contributed by atoms with Gasteiger partial charge in [0.15, 0.2) is 5.69 Å². The molecule has 0 amide bonds. The maximum Gasteiger partial charge on any atom is 0.355 e. The largest absolute Gasteiger partial charge is 0.494 e. The van der Waals surface area contributed by atoms with Gasteiger partial charge < -0.3 is 20.1 Å². The van der Waals surface area contributed by atoms with Crippen LogP contribution in [0, 0.1) is 11.8 Å². The first-order valence-electron chi connectivity index (χ1n) is 10.8. The predicted octanol–water partition coefficient (Wildman–Crippen LogP) is 4.68. The van der Waals surface area contributed by atoms with Gasteiger partial charge in [0.25, 0.3) is 0 Å². The van der Waals surface area contributed by atoms with Crippen LogP contribution in [-0.4, -0.2) is 39.0 Å². The molecule has 4 atom stereocenters. The van der Waals surface area contributed by atoms with Crippen LogP contribution in [0.15, 0.2) is 35.7 Å². The van der Waals surface area contributed by atoms with Gasteiger partial charge in [0, 0.05) is 5.38 Å². The second kappa shape index (κ2) is 11.4. The lowest BCUT2D eigenvalue weighted by Gasteiger charge is -2.23. The van der Waals surface area contributed by atoms with E-state index in [0.717, 1.165) is 50.7 Å². The van der Waals surface area contributed by atoms with E-state index in [1.54, 1.807) is 0 Å². The Balaban J connectivity index is 1.36. The van der Waals surface area contributed by atoms with Crippen LogP contribution in [0.1, 0.15) is 73.0 Å². The molecule has 1 heterocycles. The Bertz CT molecular complexity index is 781. The monoisotopic (exact) mass is 433 g/mol. The van der Waals surface area contributed by atoms with Crippen LogP contribution in [0.4, 0.5) is 0 Å². The fraction of sp³-hybridized carbons (Fsp3) is 0.565. The van der Waals surface area contributed by atoms with Crippen molar-refractivity contribution in [3.63, 3.8) is 0 Å². The van der Waals surface area contributed by atoms with E-state index in [0.29, 0.717) is 24.0 Å². The van der Waals surface area contributed by atoms with Crippen molar-refractivity contribution in [2.24, 2.45) is 11.8 Å². The summed E-state index contributed by atoms with van der Waals surface area (Å²) in [5.74, 6) is 0.503. The lowest BCUT2D eigenvalue weighted by molar-refractivity contribution is 0.0690. The molecular formula is C23H31NO5S. The number of carboxylic acids is 1. The quantitative estimate of drug-likeness (QED) is 0.420. The molecule has 1 aliphatic carbocycles. The van der Waals surface area contributed by atoms with E-state index in [1.807, 2.05) is 30.3 Å². The highest BCUT2D eigenvalue weighted by molar-refractivity contribution is 7.09. The molecule has 0 bridgehead atoms. The molecule has 0 spiro atoms. The summed E-state index contributed by atoms with van der Waals surface area (Å²) in [5.41, 5.74) is -0.0144. The molecule has 2 unspecified atom stereocenters. The number of benzene rings is 1. The number of carbonyl (C=O) groups is 1. The molecule has 30 heavy (non-hydrogen) atoms. The minimum absolute atomic E-state index is 0.0144. The summed E-state index contributed by atoms with van der Waals surface area (Å²) < 4.78 is 5.72. The fourth-order valence-electron chi connectivity index (χ4n) is 4.31. The van der Waals surface area contributed by atoms with Gasteiger partial charge in [0.1, 0.15) is 16.9 Å². The summed E-state index contributed by atoms with van der Waals surface area (Å²) in [4.78, 5) is 14.9. The zero-order valence-electron chi connectivity index (χ0n) is 17.2. The number of thiazole rings is 1. The SMILES string of the molecule is O=C(O)c1csc(C(O)CC[C@H]2CC[C@@H](O)C2CCCCCOc2ccccc2)n1. The number of ether oxygens (including phenoxy) is 1. The van der Waals surface area contributed by atoms with E-state index in [1.165, 1.54) is 16.7 Å². The van der Waals surface area contributed by atoms with Crippen LogP contribution in [0.5, 0.6) is 5.75 Å². The molecule has 3 N–H and O–H groups in total. The third-order valence-corrected chi connectivity index (χ3v) is 6.91. The zero-order valence-corrected chi connectivity index (χ0v) is 18.0. The molecule has 3 rings (SSSR count). The number of carboxylic acid groups (broad SMARTS) is 1. The summed E-state index contributed by atoms with van der Waals surface area (Å²) in [7, 11) is 0. The molecule has 1 aliphatic rings. The fourth-order valence-corrected chi connectivity index (χ4v) is 5.13. The van der Waals surface area contributed by atoms with E-state index in [-0.39, 0.29) is 17.7 Å². The summed E-state index contributed by atoms with van der Waals surface area (Å²) in [5, 5.41) is 31.7. The van der Waals surface area contributed by atoms with E-state index in [4.69, 9.17) is 9.84 Å². The average Bonchev–Trinajstić information content (AvgIpc) is 3.37. The van der Waals surface area contributed by atoms with Crippen LogP contribution in [-0.2, 0) is 0 Å². The Morgan fingerprint density at radius 1 is 1.17 bits per heavy atom. The normalized spacial score (nSPS) is 22.1. The van der Waals surface area contributed by atoms with Gasteiger partial charge in [0.05, 0.1) is 12.7 Å². The molecule has 7 heteroatoms. The maximum atomic E-state index is 10.9. The number of hydrogen-bond acceptors (Lipinski definition) is 6. The highest BCUT2D eigenvalue weighted by atomic mass is 32.1. The van der Waals surface area contributed by atoms with Crippen molar-refractivity contribution in [2.75, 3.05) is 6.61 Å². The van der Waals surface area contributed by atoms with Crippen LogP contribution in [0.3, 0.4) is 0 Å². The number of hydrogen-bond donors (Lipinski definition) is 3. The van der Waals surface area contributed by atoms with Crippen molar-refractivity contribution in [3.8, 4) is 5.75 Å². The number of nitrogens with zero attached hydrogens (tertiary/aromatic N) is 1. The Morgan fingerprint density at radius 2 is 1.97 bits per heavy atom. The lowest BCUT2D eigenvalue weighted by atomic mass is 9.86. The number of aliphatic hydroxyl groups is 2. The summed E-state index contributed by atoms with van der Waals surface area (Å²) in [6.07, 6.45) is 6.30. The van der Waals surface area contributed by atoms with Crippen molar-refractivity contribution < 1.29 is 24.9 Å². The molecule has 0 radical (unpaired) electrons. The molecule has 1 aromatic heterocycles. The van der Waals surface area contributed by atoms with E-state index in [2.05, 4.69) is 4.98 Å². The van der Waals surface area contributed by atoms with Gasteiger partial charge in [-0.1, -0.05) is 31.0 Å². The van der Waals surface area contributed by atoms with Crippen molar-refractivity contribution in [2.45, 2.75) is 63.6 Å². The van der Waals surface area contributed by atoms with Gasteiger partial charge in [-0.05, 0) is 62.5 Å². The summed E-state index contributed by atoms with van der Waals surface area (Å²) >= 11 is 1.19. The number of aromatic carboxylic acids is 1. The van der Waals surface area contributed by atoms with Gasteiger partial charge in [-0.25, -0.2) is 9.78 Å². The first kappa shape index (κ1) is 22.7. The third kappa shape index (κ3) is 6.52. The molecule has 164 valence electrons. The highest BCUT2D eigenvalue weighted by Crippen LogP contribution is 2.40. The Hall–Kier alpha value is -1.96. The lowest BCUT2D eigenvalue weighted by Crippen LogP contribution is -2.19. The molecule has 1 fully saturated rings. The summed E-state index contributed by atoms with van der Waals surface area (Å²) in [6.45, 7) is 0.707. The Labute approximate surface area is 181 Å². The Kier molecular flexibility index (Phi) is 8.66. The second-order valence-electron chi connectivity index (χ2n) is 8.05. The van der Waals surface area contributed by atoms with Gasteiger partial charge >= 0.3 is 5.97 Å². The number of unbranched alkanes of at least 4 members (excludes halogenated alkanes) is 2. The Morgan fingerprint density at radius 3 is 2.70 bits per heavy atom. The van der Waals surface area contributed by atoms with Gasteiger partial charge in [-0.15, -0.1) is 11.3 Å². The van der Waals surface area contributed by atoms with Crippen molar-refractivity contribution in [1.82, 2.24) is 4.98 Å². The van der Waals surface area contributed by atoms with Gasteiger partial charge in [-0.2, -0.15) is 0 Å². The number of para-hydroxylation sites is 1. The zero-order chi connectivity index (χ0) is 21.3. The van der Waals surface area contributed by atoms with Crippen molar-refractivity contribution in [3.05, 3.63) is 46.4 Å². The minimum Gasteiger partial charge on any atom is -0.494 e. The molecule has 0 aliphatic heterocycles. The van der Waals surface area contributed by atoms with Gasteiger partial charge in [0.2, 0.25) is 0 Å². The molecule has 6 nitrogen and oxygen atoms in total. The number of aromatic nitrogens is 1. The van der Waals surface area contributed by atoms with E-state index < -0.39 is 12.1 Å². The topological polar surface area (TPSA) is 99.9 Å². The number of aliphatic hydroxyl groups excluding tert-OH is 2. The molecule has 1 saturated carbocycles. The smallest absolute Gasteiger partial charge is 0.355 e. The first-order valence-corrected chi connectivity index (χ1v) is 11.6. The van der Waals surface area contributed by atoms with Gasteiger partial charge in [-0.3, -0.25) is 0 Å². The molecule has 0 saturated heterocycles. The maximum absolute atomic E-state index is 10.9. The highest BCUT2D eigenvalue weighted by Gasteiger charge is 2.34. The van der Waals surface area contributed by atoms with E-state index >= 15 is 0 Å². The van der Waals surface area contributed by atoms with Crippen molar-refractivity contribution >= 4 is 17.3 Å². The third-order valence-electron chi connectivity index (χ3n) is 5.96. The van der Waals surface area contributed by atoms with Crippen LogP contribution < -0.4 is 4.74 Å². The minimum atomic E-state index is -1.07. The van der Waals surface area contributed by atoms with E-state index in [9.17, 15) is 15.0 Å². The number of rotatable bonds is 12. The molecule has 2 aromatic rings. The molecule has 1 aromatic carbocycles. The second-order valence-corrected chi connectivity index (χ2v) is 8.94. The van der Waals surface area contributed by atoms with Crippen LogP contribution >= 0.6 is 11.3 Å². The summed E-state index contributed by atoms with van der Waals surface area (Å²) in [6, 6.07) is 9.82. The average molecular weight is 434 g/mol. The standard InChI is InChI=1S/C23H31NO5S/c25-20-12-10-16(11-13-21(26)22-24-19(15-30-22)23(27)28)18(20)9-5-2-6-14-29-17-7-3-1-4-8-17/h1,3-4,7-8,15-16,18,20-21,25-26H,2,5-6,9-14H2,(H,27,28)/t16-,18?,20-,21?/m1/s1. The van der Waals surface area contributed by atoms with Crippen LogP contribution in [0.2, 0.25) is 0 Å². The van der Waals surface area contributed by atoms with Crippen LogP contribution in [0.25, 0.3) is 0 Å². The first-order chi connectivity index (χ1) is 14.5. The molecular weight excluding hydrogens is 402 g/mol. The predicted molar refractivity (Wildman–Crippen MR) is 116 cm³/mol. The van der Waals surface area contributed by atoms with Crippen molar-refractivity contribution in [1.29, 1.82) is 0 Å².